The number of aromatic nitrogens is 3. The summed E-state index contributed by atoms with van der Waals surface area (Å²) < 4.78 is 23.4. The summed E-state index contributed by atoms with van der Waals surface area (Å²) in [4.78, 5) is 23.2. The molecule has 8 heteroatoms. The molecule has 0 aromatic carbocycles. The zero-order valence-electron chi connectivity index (χ0n) is 12.3. The third-order valence-electron chi connectivity index (χ3n) is 2.14. The molecular weight excluding hydrogens is 291 g/mol. The number of nitrogens with one attached hydrogen (secondary N) is 1. The van der Waals surface area contributed by atoms with E-state index in [0.29, 0.717) is 0 Å². The monoisotopic (exact) mass is 306 g/mol. The molecule has 22 heavy (non-hydrogen) atoms. The molecule has 0 radical (unpaired) electrons. The highest BCUT2D eigenvalue weighted by atomic mass is 19.1. The minimum Gasteiger partial charge on any atom is -0.444 e. The van der Waals surface area contributed by atoms with Gasteiger partial charge in [0.1, 0.15) is 11.4 Å². The summed E-state index contributed by atoms with van der Waals surface area (Å²) in [6.07, 6.45) is 4.38. The van der Waals surface area contributed by atoms with Crippen molar-refractivity contribution in [2.24, 2.45) is 0 Å². The van der Waals surface area contributed by atoms with E-state index in [4.69, 9.17) is 9.47 Å². The Morgan fingerprint density at radius 1 is 1.18 bits per heavy atom. The average Bonchev–Trinajstić information content (AvgIpc) is 2.36. The van der Waals surface area contributed by atoms with Gasteiger partial charge < -0.3 is 9.47 Å². The van der Waals surface area contributed by atoms with Crippen LogP contribution in [0.3, 0.4) is 0 Å². The minimum absolute atomic E-state index is 0.0842. The van der Waals surface area contributed by atoms with Crippen molar-refractivity contribution in [1.82, 2.24) is 15.0 Å². The SMILES string of the molecule is CC(C)(C)OC(=O)Nc1cncc(Oc2cncc(F)c2)n1. The summed E-state index contributed by atoms with van der Waals surface area (Å²) >= 11 is 0. The van der Waals surface area contributed by atoms with E-state index in [9.17, 15) is 9.18 Å². The molecule has 0 aliphatic heterocycles. The minimum atomic E-state index is -0.661. The predicted molar refractivity (Wildman–Crippen MR) is 76.2 cm³/mol. The second-order valence-electron chi connectivity index (χ2n) is 5.31. The number of pyridine rings is 1. The first-order chi connectivity index (χ1) is 10.3. The molecule has 7 nitrogen and oxygen atoms in total. The van der Waals surface area contributed by atoms with Gasteiger partial charge in [-0.3, -0.25) is 15.3 Å². The number of halogens is 1. The Hall–Kier alpha value is -2.77. The first kappa shape index (κ1) is 15.6. The number of carbonyl (C=O) groups is 1. The highest BCUT2D eigenvalue weighted by Gasteiger charge is 2.16. The topological polar surface area (TPSA) is 86.2 Å². The summed E-state index contributed by atoms with van der Waals surface area (Å²) in [6, 6.07) is 1.16. The maximum atomic E-state index is 13.0. The van der Waals surface area contributed by atoms with E-state index in [1.54, 1.807) is 20.8 Å². The van der Waals surface area contributed by atoms with Crippen LogP contribution in [0.5, 0.6) is 11.6 Å². The first-order valence-corrected chi connectivity index (χ1v) is 6.42. The van der Waals surface area contributed by atoms with Crippen molar-refractivity contribution in [2.45, 2.75) is 26.4 Å². The second-order valence-corrected chi connectivity index (χ2v) is 5.31. The molecule has 116 valence electrons. The third kappa shape index (κ3) is 4.97. The lowest BCUT2D eigenvalue weighted by Gasteiger charge is -2.19. The van der Waals surface area contributed by atoms with Crippen LogP contribution in [0.2, 0.25) is 0 Å². The summed E-state index contributed by atoms with van der Waals surface area (Å²) in [5.74, 6) is -0.130. The molecule has 0 bridgehead atoms. The van der Waals surface area contributed by atoms with Crippen LogP contribution >= 0.6 is 0 Å². The predicted octanol–water partition coefficient (Wildman–Crippen LogP) is 3.15. The van der Waals surface area contributed by atoms with Crippen molar-refractivity contribution in [3.63, 3.8) is 0 Å². The van der Waals surface area contributed by atoms with Crippen LogP contribution in [0, 0.1) is 5.82 Å². The van der Waals surface area contributed by atoms with E-state index in [2.05, 4.69) is 20.3 Å². The van der Waals surface area contributed by atoms with Crippen molar-refractivity contribution in [3.8, 4) is 11.6 Å². The third-order valence-corrected chi connectivity index (χ3v) is 2.14. The number of amides is 1. The molecule has 0 spiro atoms. The molecule has 0 atom stereocenters. The average molecular weight is 306 g/mol. The van der Waals surface area contributed by atoms with E-state index in [1.807, 2.05) is 0 Å². The van der Waals surface area contributed by atoms with Gasteiger partial charge in [-0.25, -0.2) is 9.18 Å². The summed E-state index contributed by atoms with van der Waals surface area (Å²) in [7, 11) is 0. The van der Waals surface area contributed by atoms with Crippen molar-refractivity contribution in [2.75, 3.05) is 5.32 Å². The second kappa shape index (κ2) is 6.33. The smallest absolute Gasteiger partial charge is 0.413 e. The molecule has 2 aromatic heterocycles. The molecule has 0 aliphatic rings. The number of ether oxygens (including phenoxy) is 2. The maximum Gasteiger partial charge on any atom is 0.413 e. The van der Waals surface area contributed by atoms with Crippen LogP contribution in [0.25, 0.3) is 0 Å². The molecular formula is C14H15FN4O3. The highest BCUT2D eigenvalue weighted by molar-refractivity contribution is 5.83. The van der Waals surface area contributed by atoms with Gasteiger partial charge in [-0.1, -0.05) is 0 Å². The molecule has 2 heterocycles. The van der Waals surface area contributed by atoms with Crippen LogP contribution in [0.4, 0.5) is 15.0 Å². The van der Waals surface area contributed by atoms with Crippen LogP contribution in [0.15, 0.2) is 30.9 Å². The molecule has 0 unspecified atom stereocenters. The Balaban J connectivity index is 2.05. The molecule has 2 aromatic rings. The van der Waals surface area contributed by atoms with Crippen LogP contribution in [-0.2, 0) is 4.74 Å². The molecule has 0 fully saturated rings. The Morgan fingerprint density at radius 2 is 1.91 bits per heavy atom. The molecule has 0 saturated carbocycles. The van der Waals surface area contributed by atoms with Gasteiger partial charge in [-0.05, 0) is 20.8 Å². The first-order valence-electron chi connectivity index (χ1n) is 6.42. The largest absolute Gasteiger partial charge is 0.444 e. The molecule has 1 N–H and O–H groups in total. The van der Waals surface area contributed by atoms with Gasteiger partial charge >= 0.3 is 6.09 Å². The van der Waals surface area contributed by atoms with Crippen molar-refractivity contribution in [1.29, 1.82) is 0 Å². The molecule has 2 rings (SSSR count). The Labute approximate surface area is 126 Å². The summed E-state index contributed by atoms with van der Waals surface area (Å²) in [5, 5.41) is 2.43. The normalized spacial score (nSPS) is 10.9. The molecule has 0 aliphatic carbocycles. The zero-order chi connectivity index (χ0) is 16.2. The number of carbonyl (C=O) groups excluding carboxylic acids is 1. The van der Waals surface area contributed by atoms with Crippen molar-refractivity contribution >= 4 is 11.9 Å². The quantitative estimate of drug-likeness (QED) is 0.937. The van der Waals surface area contributed by atoms with Gasteiger partial charge in [0.25, 0.3) is 0 Å². The van der Waals surface area contributed by atoms with E-state index in [0.717, 1.165) is 12.3 Å². The van der Waals surface area contributed by atoms with Crippen LogP contribution in [-0.4, -0.2) is 26.6 Å². The zero-order valence-corrected chi connectivity index (χ0v) is 12.3. The Bertz CT molecular complexity index is 673. The number of hydrogen-bond donors (Lipinski definition) is 1. The summed E-state index contributed by atoms with van der Waals surface area (Å²) in [6.45, 7) is 5.23. The van der Waals surface area contributed by atoms with E-state index < -0.39 is 17.5 Å². The summed E-state index contributed by atoms with van der Waals surface area (Å²) in [5.41, 5.74) is -0.626. The van der Waals surface area contributed by atoms with Crippen molar-refractivity contribution < 1.29 is 18.7 Å². The van der Waals surface area contributed by atoms with Gasteiger partial charge in [0, 0.05) is 6.07 Å². The van der Waals surface area contributed by atoms with Crippen LogP contribution < -0.4 is 10.1 Å². The lowest BCUT2D eigenvalue weighted by molar-refractivity contribution is 0.0635. The maximum absolute atomic E-state index is 13.0. The van der Waals surface area contributed by atoms with Gasteiger partial charge in [-0.15, -0.1) is 0 Å². The Morgan fingerprint density at radius 3 is 2.59 bits per heavy atom. The number of nitrogens with zero attached hydrogens (tertiary/aromatic N) is 3. The van der Waals surface area contributed by atoms with Crippen molar-refractivity contribution in [3.05, 3.63) is 36.7 Å². The number of rotatable bonds is 3. The standard InChI is InChI=1S/C14H15FN4O3/c1-14(2,3)22-13(20)19-11-7-17-8-12(18-11)21-10-4-9(15)5-16-6-10/h4-8H,1-3H3,(H,18,19,20). The highest BCUT2D eigenvalue weighted by Crippen LogP contribution is 2.19. The van der Waals surface area contributed by atoms with Gasteiger partial charge in [-0.2, -0.15) is 4.98 Å². The molecule has 0 saturated heterocycles. The Kier molecular flexibility index (Phi) is 4.50. The van der Waals surface area contributed by atoms with Gasteiger partial charge in [0.2, 0.25) is 5.88 Å². The van der Waals surface area contributed by atoms with E-state index in [1.165, 1.54) is 18.6 Å². The van der Waals surface area contributed by atoms with Gasteiger partial charge in [0.05, 0.1) is 24.8 Å². The fourth-order valence-corrected chi connectivity index (χ4v) is 1.43. The van der Waals surface area contributed by atoms with Crippen LogP contribution in [0.1, 0.15) is 20.8 Å². The fourth-order valence-electron chi connectivity index (χ4n) is 1.43. The lowest BCUT2D eigenvalue weighted by atomic mass is 10.2. The molecule has 1 amide bonds. The van der Waals surface area contributed by atoms with E-state index in [-0.39, 0.29) is 17.4 Å². The van der Waals surface area contributed by atoms with E-state index >= 15 is 0 Å². The number of hydrogen-bond acceptors (Lipinski definition) is 6. The lowest BCUT2D eigenvalue weighted by Crippen LogP contribution is -2.27. The van der Waals surface area contributed by atoms with Gasteiger partial charge in [0.15, 0.2) is 11.6 Å². The fraction of sp³-hybridized carbons (Fsp3) is 0.286. The number of anilines is 1.